The van der Waals surface area contributed by atoms with Gasteiger partial charge in [0.15, 0.2) is 0 Å². The van der Waals surface area contributed by atoms with Crippen LogP contribution in [0.2, 0.25) is 0 Å². The van der Waals surface area contributed by atoms with E-state index >= 15 is 0 Å². The maximum atomic E-state index is 12.4. The molecule has 5 nitrogen and oxygen atoms in total. The zero-order chi connectivity index (χ0) is 21.4. The molecule has 29 heavy (non-hydrogen) atoms. The summed E-state index contributed by atoms with van der Waals surface area (Å²) in [7, 11) is 0. The first-order chi connectivity index (χ1) is 13.7. The molecule has 156 valence electrons. The molecule has 0 aliphatic carbocycles. The van der Waals surface area contributed by atoms with E-state index < -0.39 is 6.04 Å². The smallest absolute Gasteiger partial charge is 0.251 e. The van der Waals surface area contributed by atoms with Crippen molar-refractivity contribution in [2.45, 2.75) is 59.2 Å². The lowest BCUT2D eigenvalue weighted by Gasteiger charge is -2.19. The fourth-order valence-corrected chi connectivity index (χ4v) is 2.78. The molecule has 0 aliphatic heterocycles. The van der Waals surface area contributed by atoms with Crippen molar-refractivity contribution in [2.24, 2.45) is 0 Å². The average Bonchev–Trinajstić information content (AvgIpc) is 2.70. The fraction of sp³-hybridized carbons (Fsp3) is 0.417. The Kier molecular flexibility index (Phi) is 7.97. The molecule has 2 rings (SSSR count). The van der Waals surface area contributed by atoms with E-state index in [-0.39, 0.29) is 17.2 Å². The molecule has 2 N–H and O–H groups in total. The molecule has 1 unspecified atom stereocenters. The first-order valence-corrected chi connectivity index (χ1v) is 10.1. The molecule has 2 amide bonds. The Balaban J connectivity index is 1.84. The van der Waals surface area contributed by atoms with Crippen LogP contribution in [0.5, 0.6) is 0 Å². The van der Waals surface area contributed by atoms with Crippen molar-refractivity contribution in [1.82, 2.24) is 10.6 Å². The molecule has 0 saturated carbocycles. The monoisotopic (exact) mass is 396 g/mol. The Morgan fingerprint density at radius 2 is 1.55 bits per heavy atom. The third-order valence-corrected chi connectivity index (χ3v) is 4.72. The Morgan fingerprint density at radius 3 is 2.10 bits per heavy atom. The first kappa shape index (κ1) is 22.6. The molecule has 2 aromatic carbocycles. The highest BCUT2D eigenvalue weighted by molar-refractivity contribution is 5.97. The number of hydrogen-bond donors (Lipinski definition) is 2. The van der Waals surface area contributed by atoms with Gasteiger partial charge in [0.2, 0.25) is 5.91 Å². The maximum Gasteiger partial charge on any atom is 0.251 e. The number of amides is 2. The van der Waals surface area contributed by atoms with Crippen LogP contribution in [0.1, 0.15) is 61.7 Å². The number of carbonyl (C=O) groups is 2. The minimum Gasteiger partial charge on any atom is -0.377 e. The van der Waals surface area contributed by atoms with Gasteiger partial charge in [0.25, 0.3) is 5.91 Å². The Bertz CT molecular complexity index is 806. The molecule has 0 spiro atoms. The quantitative estimate of drug-likeness (QED) is 0.710. The van der Waals surface area contributed by atoms with E-state index in [1.807, 2.05) is 43.3 Å². The number of rotatable bonds is 8. The zero-order valence-corrected chi connectivity index (χ0v) is 18.0. The molecular formula is C24H32N2O3. The predicted octanol–water partition coefficient (Wildman–Crippen LogP) is 3.96. The van der Waals surface area contributed by atoms with E-state index in [1.54, 1.807) is 19.1 Å². The summed E-state index contributed by atoms with van der Waals surface area (Å²) in [5.41, 5.74) is 3.83. The second-order valence-corrected chi connectivity index (χ2v) is 8.19. The van der Waals surface area contributed by atoms with E-state index in [9.17, 15) is 9.59 Å². The van der Waals surface area contributed by atoms with E-state index in [0.717, 1.165) is 16.7 Å². The van der Waals surface area contributed by atoms with Crippen LogP contribution in [0.3, 0.4) is 0 Å². The second kappa shape index (κ2) is 10.2. The van der Waals surface area contributed by atoms with Crippen molar-refractivity contribution >= 4 is 11.8 Å². The third-order valence-electron chi connectivity index (χ3n) is 4.72. The van der Waals surface area contributed by atoms with Gasteiger partial charge in [-0.3, -0.25) is 9.59 Å². The Morgan fingerprint density at radius 1 is 0.966 bits per heavy atom. The number of carbonyl (C=O) groups excluding carboxylic acids is 2. The summed E-state index contributed by atoms with van der Waals surface area (Å²) in [6.07, 6.45) is 0. The molecule has 0 aliphatic rings. The van der Waals surface area contributed by atoms with Crippen LogP contribution in [0.15, 0.2) is 48.5 Å². The molecule has 0 aromatic heterocycles. The van der Waals surface area contributed by atoms with Gasteiger partial charge in [-0.05, 0) is 48.1 Å². The number of ether oxygens (including phenoxy) is 1. The van der Waals surface area contributed by atoms with Gasteiger partial charge >= 0.3 is 0 Å². The van der Waals surface area contributed by atoms with Crippen LogP contribution in [0, 0.1) is 0 Å². The van der Waals surface area contributed by atoms with Crippen LogP contribution in [-0.2, 0) is 28.1 Å². The summed E-state index contributed by atoms with van der Waals surface area (Å²) in [6.45, 7) is 11.7. The Hall–Kier alpha value is -2.66. The summed E-state index contributed by atoms with van der Waals surface area (Å²) in [4.78, 5) is 24.7. The standard InChI is InChI=1S/C24H32N2O3/c1-6-29-16-19-9-7-18(8-10-19)15-25-22(27)17(2)26-23(28)20-11-13-21(14-12-20)24(3,4)5/h7-14,17H,6,15-16H2,1-5H3,(H,25,27)(H,26,28). The van der Waals surface area contributed by atoms with Gasteiger partial charge in [-0.2, -0.15) is 0 Å². The van der Waals surface area contributed by atoms with Crippen molar-refractivity contribution in [1.29, 1.82) is 0 Å². The normalized spacial score (nSPS) is 12.3. The highest BCUT2D eigenvalue weighted by Crippen LogP contribution is 2.22. The van der Waals surface area contributed by atoms with Crippen LogP contribution in [-0.4, -0.2) is 24.5 Å². The van der Waals surface area contributed by atoms with Gasteiger partial charge in [-0.15, -0.1) is 0 Å². The van der Waals surface area contributed by atoms with Crippen molar-refractivity contribution in [3.05, 3.63) is 70.8 Å². The molecule has 0 heterocycles. The molecule has 5 heteroatoms. The minimum atomic E-state index is -0.623. The summed E-state index contributed by atoms with van der Waals surface area (Å²) in [6, 6.07) is 14.8. The molecule has 0 saturated heterocycles. The lowest BCUT2D eigenvalue weighted by molar-refractivity contribution is -0.122. The van der Waals surface area contributed by atoms with E-state index in [2.05, 4.69) is 31.4 Å². The predicted molar refractivity (Wildman–Crippen MR) is 116 cm³/mol. The topological polar surface area (TPSA) is 67.4 Å². The number of nitrogens with one attached hydrogen (secondary N) is 2. The van der Waals surface area contributed by atoms with Crippen LogP contribution >= 0.6 is 0 Å². The van der Waals surface area contributed by atoms with Crippen molar-refractivity contribution < 1.29 is 14.3 Å². The number of benzene rings is 2. The van der Waals surface area contributed by atoms with Crippen molar-refractivity contribution in [2.75, 3.05) is 6.61 Å². The largest absolute Gasteiger partial charge is 0.377 e. The van der Waals surface area contributed by atoms with E-state index in [0.29, 0.717) is 25.3 Å². The second-order valence-electron chi connectivity index (χ2n) is 8.19. The van der Waals surface area contributed by atoms with E-state index in [1.165, 1.54) is 0 Å². The highest BCUT2D eigenvalue weighted by Gasteiger charge is 2.18. The molecular weight excluding hydrogens is 364 g/mol. The lowest BCUT2D eigenvalue weighted by atomic mass is 9.86. The van der Waals surface area contributed by atoms with Crippen molar-refractivity contribution in [3.63, 3.8) is 0 Å². The molecule has 2 aromatic rings. The highest BCUT2D eigenvalue weighted by atomic mass is 16.5. The third kappa shape index (κ3) is 7.02. The zero-order valence-electron chi connectivity index (χ0n) is 18.0. The van der Waals surface area contributed by atoms with Gasteiger partial charge in [-0.25, -0.2) is 0 Å². The van der Waals surface area contributed by atoms with E-state index in [4.69, 9.17) is 4.74 Å². The maximum absolute atomic E-state index is 12.4. The summed E-state index contributed by atoms with van der Waals surface area (Å²) in [5, 5.41) is 5.62. The van der Waals surface area contributed by atoms with Gasteiger partial charge in [0.1, 0.15) is 6.04 Å². The fourth-order valence-electron chi connectivity index (χ4n) is 2.78. The molecule has 0 fully saturated rings. The van der Waals surface area contributed by atoms with Gasteiger partial charge < -0.3 is 15.4 Å². The summed E-state index contributed by atoms with van der Waals surface area (Å²) < 4.78 is 5.38. The SMILES string of the molecule is CCOCc1ccc(CNC(=O)C(C)NC(=O)c2ccc(C(C)(C)C)cc2)cc1. The number of hydrogen-bond acceptors (Lipinski definition) is 3. The molecule has 0 radical (unpaired) electrons. The Labute approximate surface area is 173 Å². The van der Waals surface area contributed by atoms with Gasteiger partial charge in [0, 0.05) is 18.7 Å². The summed E-state index contributed by atoms with van der Waals surface area (Å²) >= 11 is 0. The molecule has 0 bridgehead atoms. The van der Waals surface area contributed by atoms with Crippen LogP contribution in [0.4, 0.5) is 0 Å². The minimum absolute atomic E-state index is 0.0312. The average molecular weight is 397 g/mol. The van der Waals surface area contributed by atoms with Crippen molar-refractivity contribution in [3.8, 4) is 0 Å². The van der Waals surface area contributed by atoms with Crippen LogP contribution in [0.25, 0.3) is 0 Å². The van der Waals surface area contributed by atoms with Gasteiger partial charge in [0.05, 0.1) is 6.61 Å². The van der Waals surface area contributed by atoms with Gasteiger partial charge in [-0.1, -0.05) is 57.2 Å². The van der Waals surface area contributed by atoms with Crippen LogP contribution < -0.4 is 10.6 Å². The lowest BCUT2D eigenvalue weighted by Crippen LogP contribution is -2.44. The first-order valence-electron chi connectivity index (χ1n) is 10.1. The summed E-state index contributed by atoms with van der Waals surface area (Å²) in [5.74, 6) is -0.476. The molecule has 1 atom stereocenters.